The summed E-state index contributed by atoms with van der Waals surface area (Å²) in [4.78, 5) is 4.69. The molecule has 0 N–H and O–H groups in total. The predicted molar refractivity (Wildman–Crippen MR) is 295 cm³/mol. The molecule has 0 aliphatic carbocycles. The molecular weight excluding hydrogens is 853 g/mol. The van der Waals surface area contributed by atoms with Gasteiger partial charge in [0, 0.05) is 66.8 Å². The zero-order valence-electron chi connectivity index (χ0n) is 39.5. The van der Waals surface area contributed by atoms with Crippen LogP contribution in [0.25, 0.3) is 87.7 Å². The maximum absolute atomic E-state index is 7.21. The van der Waals surface area contributed by atoms with E-state index in [9.17, 15) is 0 Å². The SMILES string of the molecule is Cc1cccc(N(c2cccc(C)c2)c2ccc3cc4c(cc3c2)oc2c3oc5cc6cc(N(c7cccc(C)c7)c7cccc(C)c7)ccc6cc5c3c(-c3ccccc3)c(-c3ccccc3)c42)c1. The van der Waals surface area contributed by atoms with Gasteiger partial charge in [0.2, 0.25) is 0 Å². The highest BCUT2D eigenvalue weighted by molar-refractivity contribution is 6.31. The molecule has 0 radical (unpaired) electrons. The van der Waals surface area contributed by atoms with Crippen molar-refractivity contribution in [1.29, 1.82) is 0 Å². The lowest BCUT2D eigenvalue weighted by molar-refractivity contribution is 0.634. The Kier molecular flexibility index (Phi) is 9.70. The molecule has 0 fully saturated rings. The monoisotopic (exact) mass is 900 g/mol. The van der Waals surface area contributed by atoms with E-state index < -0.39 is 0 Å². The lowest BCUT2D eigenvalue weighted by Gasteiger charge is -2.26. The van der Waals surface area contributed by atoms with Crippen LogP contribution in [0.5, 0.6) is 0 Å². The van der Waals surface area contributed by atoms with Crippen LogP contribution in [0.4, 0.5) is 34.1 Å². The molecule has 13 aromatic rings. The van der Waals surface area contributed by atoms with Crippen LogP contribution in [0, 0.1) is 27.7 Å². The summed E-state index contributed by atoms with van der Waals surface area (Å²) in [5.74, 6) is 0. The molecule has 0 unspecified atom stereocenters. The van der Waals surface area contributed by atoms with Gasteiger partial charge in [0.15, 0.2) is 11.2 Å². The molecule has 70 heavy (non-hydrogen) atoms. The standard InChI is InChI=1S/C66H48N2O2/c1-41-15-11-23-51(31-41)67(52-24-12-16-42(2)32-52)55-29-27-47-37-57-59(39-49(47)35-55)69-65-63(57)61(45-19-7-5-8-20-45)62(46-21-9-6-10-22-46)64-58-38-48-28-30-56(36-50(48)40-60(58)70-66(64)65)68(53-25-13-17-43(3)33-53)54-26-14-18-44(4)34-54/h5-40H,1-4H3. The molecule has 0 saturated carbocycles. The van der Waals surface area contributed by atoms with Crippen molar-refractivity contribution < 1.29 is 8.83 Å². The molecule has 2 heterocycles. The normalized spacial score (nSPS) is 11.7. The first-order valence-electron chi connectivity index (χ1n) is 24.1. The van der Waals surface area contributed by atoms with Crippen LogP contribution in [0.15, 0.2) is 227 Å². The highest BCUT2D eigenvalue weighted by atomic mass is 16.4. The molecule has 334 valence electrons. The summed E-state index contributed by atoms with van der Waals surface area (Å²) in [5, 5.41) is 8.61. The van der Waals surface area contributed by atoms with Gasteiger partial charge in [0.25, 0.3) is 0 Å². The zero-order chi connectivity index (χ0) is 47.0. The number of anilines is 6. The van der Waals surface area contributed by atoms with Crippen LogP contribution in [0.3, 0.4) is 0 Å². The predicted octanol–water partition coefficient (Wildman–Crippen LogP) is 19.3. The van der Waals surface area contributed by atoms with Crippen molar-refractivity contribution in [3.8, 4) is 22.3 Å². The first-order valence-corrected chi connectivity index (χ1v) is 24.1. The van der Waals surface area contributed by atoms with Gasteiger partial charge in [0.05, 0.1) is 0 Å². The fraction of sp³-hybridized carbons (Fsp3) is 0.0606. The number of fused-ring (bicyclic) bond motifs is 9. The van der Waals surface area contributed by atoms with E-state index in [0.717, 1.165) is 122 Å². The first-order chi connectivity index (χ1) is 34.3. The van der Waals surface area contributed by atoms with Gasteiger partial charge in [-0.05, 0) is 180 Å². The van der Waals surface area contributed by atoms with Crippen LogP contribution in [0.2, 0.25) is 0 Å². The zero-order valence-corrected chi connectivity index (χ0v) is 39.5. The van der Waals surface area contributed by atoms with Crippen molar-refractivity contribution in [2.24, 2.45) is 0 Å². The molecule has 0 aliphatic heterocycles. The summed E-state index contributed by atoms with van der Waals surface area (Å²) < 4.78 is 14.4. The van der Waals surface area contributed by atoms with Crippen molar-refractivity contribution in [1.82, 2.24) is 0 Å². The Morgan fingerprint density at radius 1 is 0.286 bits per heavy atom. The van der Waals surface area contributed by atoms with Gasteiger partial charge < -0.3 is 18.6 Å². The summed E-state index contributed by atoms with van der Waals surface area (Å²) in [5.41, 5.74) is 19.0. The number of rotatable bonds is 8. The average Bonchev–Trinajstić information content (AvgIpc) is 3.93. The number of nitrogens with zero attached hydrogens (tertiary/aromatic N) is 2. The Morgan fingerprint density at radius 2 is 0.629 bits per heavy atom. The van der Waals surface area contributed by atoms with E-state index >= 15 is 0 Å². The second-order valence-corrected chi connectivity index (χ2v) is 18.9. The largest absolute Gasteiger partial charge is 0.452 e. The summed E-state index contributed by atoms with van der Waals surface area (Å²) in [6.45, 7) is 8.59. The van der Waals surface area contributed by atoms with Gasteiger partial charge in [-0.15, -0.1) is 0 Å². The van der Waals surface area contributed by atoms with Gasteiger partial charge >= 0.3 is 0 Å². The summed E-state index contributed by atoms with van der Waals surface area (Å²) in [6.07, 6.45) is 0. The lowest BCUT2D eigenvalue weighted by atomic mass is 9.87. The quantitative estimate of drug-likeness (QED) is 0.152. The van der Waals surface area contributed by atoms with Crippen LogP contribution in [-0.4, -0.2) is 0 Å². The molecule has 0 bridgehead atoms. The minimum Gasteiger partial charge on any atom is -0.452 e. The van der Waals surface area contributed by atoms with Crippen LogP contribution in [-0.2, 0) is 0 Å². The first kappa shape index (κ1) is 41.3. The molecular formula is C66H48N2O2. The van der Waals surface area contributed by atoms with Crippen LogP contribution < -0.4 is 9.80 Å². The third kappa shape index (κ3) is 6.99. The molecule has 0 spiro atoms. The van der Waals surface area contributed by atoms with E-state index in [0.29, 0.717) is 0 Å². The minimum absolute atomic E-state index is 0.742. The molecule has 2 aromatic heterocycles. The Balaban J connectivity index is 1.07. The van der Waals surface area contributed by atoms with Gasteiger partial charge in [-0.25, -0.2) is 0 Å². The number of hydrogen-bond acceptors (Lipinski definition) is 4. The van der Waals surface area contributed by atoms with Crippen LogP contribution in [0.1, 0.15) is 22.3 Å². The van der Waals surface area contributed by atoms with Gasteiger partial charge in [0.1, 0.15) is 11.2 Å². The number of furan rings is 2. The topological polar surface area (TPSA) is 32.8 Å². The Labute approximate surface area is 406 Å². The van der Waals surface area contributed by atoms with Crippen molar-refractivity contribution in [3.05, 3.63) is 241 Å². The van der Waals surface area contributed by atoms with E-state index in [1.165, 1.54) is 22.3 Å². The minimum atomic E-state index is 0.742. The van der Waals surface area contributed by atoms with Crippen LogP contribution >= 0.6 is 0 Å². The Hall–Kier alpha value is -8.86. The number of aryl methyl sites for hydroxylation is 4. The maximum Gasteiger partial charge on any atom is 0.179 e. The number of benzene rings is 11. The van der Waals surface area contributed by atoms with Crippen molar-refractivity contribution in [2.45, 2.75) is 27.7 Å². The van der Waals surface area contributed by atoms with Crippen molar-refractivity contribution >= 4 is 99.5 Å². The Bertz CT molecular complexity index is 3820. The highest BCUT2D eigenvalue weighted by Crippen LogP contribution is 2.52. The van der Waals surface area contributed by atoms with E-state index in [1.54, 1.807) is 0 Å². The lowest BCUT2D eigenvalue weighted by Crippen LogP contribution is -2.10. The second-order valence-electron chi connectivity index (χ2n) is 18.9. The van der Waals surface area contributed by atoms with Gasteiger partial charge in [-0.3, -0.25) is 0 Å². The molecule has 13 rings (SSSR count). The second kappa shape index (κ2) is 16.4. The molecule has 0 saturated heterocycles. The third-order valence-electron chi connectivity index (χ3n) is 13.9. The molecule has 0 aliphatic rings. The Morgan fingerprint density at radius 3 is 0.971 bits per heavy atom. The number of hydrogen-bond donors (Lipinski definition) is 0. The van der Waals surface area contributed by atoms with Gasteiger partial charge in [-0.2, -0.15) is 0 Å². The molecule has 11 aromatic carbocycles. The fourth-order valence-electron chi connectivity index (χ4n) is 10.7. The average molecular weight is 901 g/mol. The molecule has 4 heteroatoms. The summed E-state index contributed by atoms with van der Waals surface area (Å²) in [7, 11) is 0. The maximum atomic E-state index is 7.21. The van der Waals surface area contributed by atoms with Crippen molar-refractivity contribution in [3.63, 3.8) is 0 Å². The highest BCUT2D eigenvalue weighted by Gasteiger charge is 2.27. The third-order valence-corrected chi connectivity index (χ3v) is 13.9. The summed E-state index contributed by atoms with van der Waals surface area (Å²) >= 11 is 0. The van der Waals surface area contributed by atoms with Crippen molar-refractivity contribution in [2.75, 3.05) is 9.80 Å². The van der Waals surface area contributed by atoms with Gasteiger partial charge in [-0.1, -0.05) is 121 Å². The molecule has 4 nitrogen and oxygen atoms in total. The summed E-state index contributed by atoms with van der Waals surface area (Å²) in [6, 6.07) is 79.0. The molecule has 0 atom stereocenters. The molecule has 0 amide bonds. The van der Waals surface area contributed by atoms with E-state index in [1.807, 2.05) is 0 Å². The fourth-order valence-corrected chi connectivity index (χ4v) is 10.7. The smallest absolute Gasteiger partial charge is 0.179 e. The van der Waals surface area contributed by atoms with E-state index in [2.05, 4.69) is 256 Å². The van der Waals surface area contributed by atoms with E-state index in [4.69, 9.17) is 8.83 Å². The van der Waals surface area contributed by atoms with E-state index in [-0.39, 0.29) is 0 Å².